The highest BCUT2D eigenvalue weighted by Crippen LogP contribution is 2.35. The van der Waals surface area contributed by atoms with Crippen molar-refractivity contribution in [1.29, 1.82) is 0 Å². The molecule has 0 aromatic heterocycles. The molecule has 0 aliphatic carbocycles. The van der Waals surface area contributed by atoms with Crippen molar-refractivity contribution in [2.45, 2.75) is 19.0 Å². The van der Waals surface area contributed by atoms with E-state index < -0.39 is 17.8 Å². The maximum Gasteiger partial charge on any atom is 0.251 e. The lowest BCUT2D eigenvalue weighted by molar-refractivity contribution is -0.139. The van der Waals surface area contributed by atoms with E-state index in [9.17, 15) is 14.0 Å². The van der Waals surface area contributed by atoms with Gasteiger partial charge in [-0.3, -0.25) is 9.59 Å². The molecule has 0 bridgehead atoms. The van der Waals surface area contributed by atoms with Gasteiger partial charge < -0.3 is 19.7 Å². The molecule has 0 saturated carbocycles. The van der Waals surface area contributed by atoms with Crippen molar-refractivity contribution in [3.63, 3.8) is 0 Å². The van der Waals surface area contributed by atoms with Crippen LogP contribution in [0.2, 0.25) is 5.02 Å². The van der Waals surface area contributed by atoms with E-state index >= 15 is 0 Å². The number of amides is 2. The molecule has 1 aliphatic heterocycles. The van der Waals surface area contributed by atoms with Crippen LogP contribution in [0.5, 0.6) is 11.5 Å². The summed E-state index contributed by atoms with van der Waals surface area (Å²) in [5, 5.41) is 3.38. The second-order valence-electron chi connectivity index (χ2n) is 8.79. The molecule has 1 heterocycles. The molecule has 8 heteroatoms. The van der Waals surface area contributed by atoms with Gasteiger partial charge in [0.1, 0.15) is 11.9 Å². The highest BCUT2D eigenvalue weighted by atomic mass is 35.5. The lowest BCUT2D eigenvalue weighted by Crippen LogP contribution is -2.41. The molecule has 0 radical (unpaired) electrons. The summed E-state index contributed by atoms with van der Waals surface area (Å²) in [6.07, 6.45) is 0.0384. The maximum absolute atomic E-state index is 14.8. The van der Waals surface area contributed by atoms with E-state index in [0.717, 1.165) is 5.56 Å². The zero-order chi connectivity index (χ0) is 26.5. The topological polar surface area (TPSA) is 67.9 Å². The van der Waals surface area contributed by atoms with Crippen LogP contribution in [0.1, 0.15) is 22.7 Å². The molecular weight excluding hydrogens is 507 g/mol. The quantitative estimate of drug-likeness (QED) is 0.296. The number of carbonyl (C=O) groups excluding carboxylic acids is 2. The van der Waals surface area contributed by atoms with Crippen molar-refractivity contribution in [3.05, 3.63) is 125 Å². The first-order chi connectivity index (χ1) is 18.5. The molecule has 4 aromatic rings. The van der Waals surface area contributed by atoms with Gasteiger partial charge in [-0.25, -0.2) is 4.39 Å². The molecular formula is C30H24ClFN2O4. The summed E-state index contributed by atoms with van der Waals surface area (Å²) >= 11 is 6.12. The highest BCUT2D eigenvalue weighted by molar-refractivity contribution is 6.30. The van der Waals surface area contributed by atoms with Crippen molar-refractivity contribution in [3.8, 4) is 11.5 Å². The number of hydrogen-bond donors (Lipinski definition) is 1. The van der Waals surface area contributed by atoms with Crippen LogP contribution in [0, 0.1) is 5.82 Å². The molecule has 2 amide bonds. The Morgan fingerprint density at radius 3 is 2.37 bits per heavy atom. The molecule has 1 N–H and O–H groups in total. The zero-order valence-electron chi connectivity index (χ0n) is 20.3. The average molecular weight is 531 g/mol. The Morgan fingerprint density at radius 2 is 1.61 bits per heavy atom. The molecule has 5 rings (SSSR count). The molecule has 1 atom stereocenters. The fraction of sp³-hybridized carbons (Fsp3) is 0.133. The van der Waals surface area contributed by atoms with Gasteiger partial charge in [-0.2, -0.15) is 0 Å². The van der Waals surface area contributed by atoms with E-state index in [4.69, 9.17) is 21.1 Å². The average Bonchev–Trinajstić information content (AvgIpc) is 3.39. The first kappa shape index (κ1) is 25.3. The van der Waals surface area contributed by atoms with Gasteiger partial charge in [0.05, 0.1) is 6.42 Å². The molecule has 38 heavy (non-hydrogen) atoms. The van der Waals surface area contributed by atoms with Crippen molar-refractivity contribution in [2.24, 2.45) is 0 Å². The fourth-order valence-electron chi connectivity index (χ4n) is 4.31. The minimum absolute atomic E-state index is 0.0384. The van der Waals surface area contributed by atoms with Crippen molar-refractivity contribution < 1.29 is 23.5 Å². The number of carbonyl (C=O) groups is 2. The monoisotopic (exact) mass is 530 g/mol. The number of ether oxygens (including phenoxy) is 2. The van der Waals surface area contributed by atoms with E-state index in [1.54, 1.807) is 60.7 Å². The summed E-state index contributed by atoms with van der Waals surface area (Å²) in [6, 6.07) is 26.1. The molecule has 0 fully saturated rings. The summed E-state index contributed by atoms with van der Waals surface area (Å²) < 4.78 is 25.5. The number of nitrogens with one attached hydrogen (secondary N) is 1. The number of fused-ring (bicyclic) bond motifs is 1. The Balaban J connectivity index is 1.53. The molecule has 1 aliphatic rings. The Bertz CT molecular complexity index is 1450. The third-order valence-corrected chi connectivity index (χ3v) is 6.45. The number of hydrogen-bond acceptors (Lipinski definition) is 4. The smallest absolute Gasteiger partial charge is 0.251 e. The lowest BCUT2D eigenvalue weighted by Gasteiger charge is -2.32. The Labute approximate surface area is 224 Å². The zero-order valence-corrected chi connectivity index (χ0v) is 21.0. The van der Waals surface area contributed by atoms with E-state index in [0.29, 0.717) is 33.3 Å². The number of anilines is 1. The summed E-state index contributed by atoms with van der Waals surface area (Å²) in [5.41, 5.74) is 2.08. The predicted octanol–water partition coefficient (Wildman–Crippen LogP) is 6.16. The van der Waals surface area contributed by atoms with Gasteiger partial charge in [-0.05, 0) is 41.5 Å². The summed E-state index contributed by atoms with van der Waals surface area (Å²) in [7, 11) is 0. The van der Waals surface area contributed by atoms with Crippen LogP contribution >= 0.6 is 11.6 Å². The van der Waals surface area contributed by atoms with Gasteiger partial charge in [-0.15, -0.1) is 0 Å². The maximum atomic E-state index is 14.8. The lowest BCUT2D eigenvalue weighted by atomic mass is 10.0. The van der Waals surface area contributed by atoms with Crippen LogP contribution in [0.4, 0.5) is 10.1 Å². The van der Waals surface area contributed by atoms with Crippen molar-refractivity contribution in [2.75, 3.05) is 12.1 Å². The number of rotatable bonds is 8. The van der Waals surface area contributed by atoms with Gasteiger partial charge in [0.15, 0.2) is 11.5 Å². The summed E-state index contributed by atoms with van der Waals surface area (Å²) in [6.45, 7) is -0.00920. The summed E-state index contributed by atoms with van der Waals surface area (Å²) in [4.78, 5) is 29.0. The van der Waals surface area contributed by atoms with Gasteiger partial charge >= 0.3 is 0 Å². The van der Waals surface area contributed by atoms with Crippen LogP contribution < -0.4 is 14.8 Å². The second kappa shape index (κ2) is 11.4. The predicted molar refractivity (Wildman–Crippen MR) is 142 cm³/mol. The van der Waals surface area contributed by atoms with E-state index in [2.05, 4.69) is 5.32 Å². The van der Waals surface area contributed by atoms with Gasteiger partial charge in [-0.1, -0.05) is 72.3 Å². The minimum atomic E-state index is -1.08. The van der Waals surface area contributed by atoms with Crippen LogP contribution in [0.3, 0.4) is 0 Å². The van der Waals surface area contributed by atoms with E-state index in [1.165, 1.54) is 11.0 Å². The Morgan fingerprint density at radius 1 is 0.895 bits per heavy atom. The minimum Gasteiger partial charge on any atom is -0.454 e. The third-order valence-electron chi connectivity index (χ3n) is 6.20. The van der Waals surface area contributed by atoms with Gasteiger partial charge in [0.25, 0.3) is 5.91 Å². The van der Waals surface area contributed by atoms with Crippen LogP contribution in [0.25, 0.3) is 0 Å². The SMILES string of the molecule is O=C(Nc1ccc2c(c1)OCO2)C(c1ccc(Cl)cc1)N(Cc1ccccc1F)C(=O)Cc1ccccc1. The molecule has 4 aromatic carbocycles. The Hall–Kier alpha value is -4.36. The van der Waals surface area contributed by atoms with Crippen molar-refractivity contribution in [1.82, 2.24) is 4.90 Å². The first-order valence-corrected chi connectivity index (χ1v) is 12.4. The third kappa shape index (κ3) is 5.79. The fourth-order valence-corrected chi connectivity index (χ4v) is 4.43. The van der Waals surface area contributed by atoms with E-state index in [-0.39, 0.29) is 25.7 Å². The van der Waals surface area contributed by atoms with Gasteiger partial charge in [0.2, 0.25) is 12.7 Å². The number of benzene rings is 4. The standard InChI is InChI=1S/C30H24ClFN2O4/c31-23-12-10-21(11-13-23)29(30(36)33-24-14-15-26-27(17-24)38-19-37-26)34(18-22-8-4-5-9-25(22)32)28(35)16-20-6-2-1-3-7-20/h1-15,17,29H,16,18-19H2,(H,33,36). The molecule has 1 unspecified atom stereocenters. The molecule has 192 valence electrons. The van der Waals surface area contributed by atoms with Crippen LogP contribution in [0.15, 0.2) is 97.1 Å². The number of nitrogens with zero attached hydrogens (tertiary/aromatic N) is 1. The largest absolute Gasteiger partial charge is 0.454 e. The normalized spacial score (nSPS) is 12.6. The van der Waals surface area contributed by atoms with Crippen molar-refractivity contribution >= 4 is 29.1 Å². The second-order valence-corrected chi connectivity index (χ2v) is 9.22. The number of halogens is 2. The molecule has 6 nitrogen and oxygen atoms in total. The molecule has 0 spiro atoms. The van der Waals surface area contributed by atoms with E-state index in [1.807, 2.05) is 30.3 Å². The van der Waals surface area contributed by atoms with Crippen LogP contribution in [-0.2, 0) is 22.6 Å². The molecule has 0 saturated heterocycles. The van der Waals surface area contributed by atoms with Gasteiger partial charge in [0, 0.05) is 28.9 Å². The first-order valence-electron chi connectivity index (χ1n) is 12.0. The summed E-state index contributed by atoms with van der Waals surface area (Å²) in [5.74, 6) is -0.175. The Kier molecular flexibility index (Phi) is 7.56. The highest BCUT2D eigenvalue weighted by Gasteiger charge is 2.32. The van der Waals surface area contributed by atoms with Crippen LogP contribution in [-0.4, -0.2) is 23.5 Å².